The highest BCUT2D eigenvalue weighted by Gasteiger charge is 2.03. The van der Waals surface area contributed by atoms with Crippen molar-refractivity contribution in [1.29, 1.82) is 0 Å². The molecular weight excluding hydrogens is 344 g/mol. The Hall–Kier alpha value is -0.870. The minimum atomic E-state index is 0.825. The second-order valence-corrected chi connectivity index (χ2v) is 5.64. The third kappa shape index (κ3) is 3.07. The van der Waals surface area contributed by atoms with Gasteiger partial charge in [0.1, 0.15) is 5.82 Å². The third-order valence-corrected chi connectivity index (χ3v) is 3.87. The van der Waals surface area contributed by atoms with Gasteiger partial charge in [0.2, 0.25) is 0 Å². The van der Waals surface area contributed by atoms with Crippen molar-refractivity contribution in [3.63, 3.8) is 0 Å². The van der Waals surface area contributed by atoms with Crippen LogP contribution in [0.5, 0.6) is 0 Å². The molecule has 0 aliphatic carbocycles. The van der Waals surface area contributed by atoms with E-state index in [1.54, 1.807) is 0 Å². The number of aromatic nitrogens is 1. The van der Waals surface area contributed by atoms with Gasteiger partial charge in [-0.05, 0) is 59.1 Å². The summed E-state index contributed by atoms with van der Waals surface area (Å²) in [6.45, 7) is 4.08. The number of rotatable bonds is 2. The van der Waals surface area contributed by atoms with Crippen LogP contribution in [-0.2, 0) is 0 Å². The van der Waals surface area contributed by atoms with Gasteiger partial charge in [-0.2, -0.15) is 0 Å². The molecule has 0 aliphatic heterocycles. The van der Waals surface area contributed by atoms with Gasteiger partial charge in [-0.15, -0.1) is 0 Å². The summed E-state index contributed by atoms with van der Waals surface area (Å²) < 4.78 is 2.06. The summed E-state index contributed by atoms with van der Waals surface area (Å²) in [6.07, 6.45) is 1.84. The van der Waals surface area contributed by atoms with E-state index in [1.165, 1.54) is 5.56 Å². The second kappa shape index (κ2) is 5.19. The molecule has 0 bridgehead atoms. The van der Waals surface area contributed by atoms with Gasteiger partial charge in [0.25, 0.3) is 0 Å². The Kier molecular flexibility index (Phi) is 3.84. The molecule has 1 aromatic heterocycles. The van der Waals surface area contributed by atoms with Crippen LogP contribution in [0.25, 0.3) is 0 Å². The molecule has 0 amide bonds. The van der Waals surface area contributed by atoms with E-state index in [9.17, 15) is 0 Å². The molecule has 0 aliphatic rings. The highest BCUT2D eigenvalue weighted by atomic mass is 79.9. The summed E-state index contributed by atoms with van der Waals surface area (Å²) in [5, 5.41) is 3.28. The second-order valence-electron chi connectivity index (χ2n) is 3.93. The van der Waals surface area contributed by atoms with E-state index < -0.39 is 0 Å². The fourth-order valence-electron chi connectivity index (χ4n) is 1.43. The molecule has 1 heterocycles. The van der Waals surface area contributed by atoms with Crippen LogP contribution >= 0.6 is 31.9 Å². The molecule has 0 fully saturated rings. The minimum absolute atomic E-state index is 0.825. The smallest absolute Gasteiger partial charge is 0.144 e. The van der Waals surface area contributed by atoms with Gasteiger partial charge < -0.3 is 5.32 Å². The number of hydrogen-bond donors (Lipinski definition) is 1. The summed E-state index contributed by atoms with van der Waals surface area (Å²) in [4.78, 5) is 4.35. The quantitative estimate of drug-likeness (QED) is 0.822. The molecular formula is C13H12Br2N2. The number of nitrogens with one attached hydrogen (secondary N) is 1. The molecule has 0 saturated heterocycles. The Labute approximate surface area is 118 Å². The van der Waals surface area contributed by atoms with Crippen molar-refractivity contribution in [3.8, 4) is 0 Å². The van der Waals surface area contributed by atoms with E-state index in [2.05, 4.69) is 55.2 Å². The molecule has 1 aromatic carbocycles. The minimum Gasteiger partial charge on any atom is -0.339 e. The van der Waals surface area contributed by atoms with Crippen molar-refractivity contribution < 1.29 is 0 Å². The van der Waals surface area contributed by atoms with Gasteiger partial charge in [-0.25, -0.2) is 4.98 Å². The normalized spacial score (nSPS) is 10.4. The molecule has 2 aromatic rings. The molecule has 2 rings (SSSR count). The number of nitrogens with zero attached hydrogens (tertiary/aromatic N) is 1. The van der Waals surface area contributed by atoms with Crippen molar-refractivity contribution >= 4 is 43.4 Å². The number of aryl methyl sites for hydroxylation is 2. The maximum Gasteiger partial charge on any atom is 0.144 e. The van der Waals surface area contributed by atoms with Crippen molar-refractivity contribution in [2.75, 3.05) is 5.32 Å². The van der Waals surface area contributed by atoms with Crippen molar-refractivity contribution in [3.05, 3.63) is 50.5 Å². The van der Waals surface area contributed by atoms with Crippen molar-refractivity contribution in [2.24, 2.45) is 0 Å². The number of hydrogen-bond acceptors (Lipinski definition) is 2. The Morgan fingerprint density at radius 1 is 1.06 bits per heavy atom. The average Bonchev–Trinajstić information content (AvgIpc) is 2.27. The van der Waals surface area contributed by atoms with Crippen LogP contribution in [0.3, 0.4) is 0 Å². The van der Waals surface area contributed by atoms with Crippen LogP contribution in [0.4, 0.5) is 11.5 Å². The monoisotopic (exact) mass is 354 g/mol. The van der Waals surface area contributed by atoms with Crippen LogP contribution < -0.4 is 5.32 Å². The van der Waals surface area contributed by atoms with Gasteiger partial charge in [-0.1, -0.05) is 22.0 Å². The average molecular weight is 356 g/mol. The fraction of sp³-hybridized carbons (Fsp3) is 0.154. The van der Waals surface area contributed by atoms with E-state index in [0.29, 0.717) is 0 Å². The van der Waals surface area contributed by atoms with Gasteiger partial charge in [-0.3, -0.25) is 0 Å². The summed E-state index contributed by atoms with van der Waals surface area (Å²) in [7, 11) is 0. The molecule has 2 nitrogen and oxygen atoms in total. The zero-order valence-corrected chi connectivity index (χ0v) is 12.8. The van der Waals surface area contributed by atoms with E-state index in [0.717, 1.165) is 26.0 Å². The van der Waals surface area contributed by atoms with Crippen LogP contribution in [0.15, 0.2) is 39.4 Å². The maximum absolute atomic E-state index is 4.35. The number of benzene rings is 1. The predicted octanol–water partition coefficient (Wildman–Crippen LogP) is 4.97. The molecule has 0 saturated carbocycles. The van der Waals surface area contributed by atoms with Gasteiger partial charge in [0.05, 0.1) is 4.47 Å². The first kappa shape index (κ1) is 12.6. The number of anilines is 2. The van der Waals surface area contributed by atoms with E-state index >= 15 is 0 Å². The number of pyridine rings is 1. The first-order valence-electron chi connectivity index (χ1n) is 5.21. The van der Waals surface area contributed by atoms with Gasteiger partial charge in [0, 0.05) is 16.4 Å². The summed E-state index contributed by atoms with van der Waals surface area (Å²) in [5.41, 5.74) is 3.36. The van der Waals surface area contributed by atoms with E-state index in [4.69, 9.17) is 0 Å². The molecule has 17 heavy (non-hydrogen) atoms. The molecule has 4 heteroatoms. The predicted molar refractivity (Wildman–Crippen MR) is 78.8 cm³/mol. The zero-order valence-electron chi connectivity index (χ0n) is 9.59. The van der Waals surface area contributed by atoms with Gasteiger partial charge >= 0.3 is 0 Å². The maximum atomic E-state index is 4.35. The molecule has 0 radical (unpaired) electrons. The topological polar surface area (TPSA) is 24.9 Å². The lowest BCUT2D eigenvalue weighted by molar-refractivity contribution is 1.24. The lowest BCUT2D eigenvalue weighted by atomic mass is 10.2. The highest BCUT2D eigenvalue weighted by Crippen LogP contribution is 2.27. The lowest BCUT2D eigenvalue weighted by Gasteiger charge is -2.09. The fourth-order valence-corrected chi connectivity index (χ4v) is 2.37. The Morgan fingerprint density at radius 2 is 1.82 bits per heavy atom. The van der Waals surface area contributed by atoms with Crippen LogP contribution in [0.1, 0.15) is 11.1 Å². The first-order valence-corrected chi connectivity index (χ1v) is 6.80. The molecule has 0 spiro atoms. The molecule has 0 atom stereocenters. The SMILES string of the molecule is Cc1cnc(Nc2ccc(C)c(Br)c2)c(Br)c1. The zero-order chi connectivity index (χ0) is 12.4. The third-order valence-electron chi connectivity index (χ3n) is 2.41. The summed E-state index contributed by atoms with van der Waals surface area (Å²) in [6, 6.07) is 8.18. The Bertz CT molecular complexity index is 553. The van der Waals surface area contributed by atoms with Crippen molar-refractivity contribution in [1.82, 2.24) is 4.98 Å². The highest BCUT2D eigenvalue weighted by molar-refractivity contribution is 9.10. The molecule has 88 valence electrons. The first-order chi connectivity index (χ1) is 8.06. The van der Waals surface area contributed by atoms with Crippen LogP contribution in [-0.4, -0.2) is 4.98 Å². The summed E-state index contributed by atoms with van der Waals surface area (Å²) >= 11 is 7.02. The van der Waals surface area contributed by atoms with Crippen molar-refractivity contribution in [2.45, 2.75) is 13.8 Å². The number of halogens is 2. The largest absolute Gasteiger partial charge is 0.339 e. The van der Waals surface area contributed by atoms with E-state index in [1.807, 2.05) is 31.3 Å². The van der Waals surface area contributed by atoms with Gasteiger partial charge in [0.15, 0.2) is 0 Å². The van der Waals surface area contributed by atoms with E-state index in [-0.39, 0.29) is 0 Å². The Balaban J connectivity index is 2.28. The molecule has 1 N–H and O–H groups in total. The summed E-state index contributed by atoms with van der Waals surface area (Å²) in [5.74, 6) is 0.825. The van der Waals surface area contributed by atoms with Crippen LogP contribution in [0.2, 0.25) is 0 Å². The standard InChI is InChI=1S/C13H12Br2N2/c1-8-5-12(15)13(16-7-8)17-10-4-3-9(2)11(14)6-10/h3-7H,1-2H3,(H,16,17). The molecule has 0 unspecified atom stereocenters. The lowest BCUT2D eigenvalue weighted by Crippen LogP contribution is -1.95. The Morgan fingerprint density at radius 3 is 2.47 bits per heavy atom. The van der Waals surface area contributed by atoms with Crippen LogP contribution in [0, 0.1) is 13.8 Å².